The molecule has 0 atom stereocenters. The molecule has 14 heavy (non-hydrogen) atoms. The second-order valence-electron chi connectivity index (χ2n) is 3.17. The second kappa shape index (κ2) is 3.89. The predicted molar refractivity (Wildman–Crippen MR) is 55.7 cm³/mol. The van der Waals surface area contributed by atoms with E-state index < -0.39 is 0 Å². The van der Waals surface area contributed by atoms with Crippen LogP contribution in [0.3, 0.4) is 0 Å². The van der Waals surface area contributed by atoms with Crippen LogP contribution in [-0.2, 0) is 6.42 Å². The number of aromatic nitrogens is 1. The Labute approximate surface area is 82.8 Å². The summed E-state index contributed by atoms with van der Waals surface area (Å²) in [5.41, 5.74) is 1.23. The fourth-order valence-corrected chi connectivity index (χ4v) is 1.60. The van der Waals surface area contributed by atoms with Gasteiger partial charge in [0.25, 0.3) is 0 Å². The average Bonchev–Trinajstić information content (AvgIpc) is 2.26. The third-order valence-electron chi connectivity index (χ3n) is 2.28. The van der Waals surface area contributed by atoms with Crippen LogP contribution in [-0.4, -0.2) is 4.98 Å². The molecule has 0 spiro atoms. The Kier molecular flexibility index (Phi) is 2.42. The number of aryl methyl sites for hydroxylation is 1. The molecule has 68 valence electrons. The van der Waals surface area contributed by atoms with Gasteiger partial charge in [-0.15, -0.1) is 0 Å². The standard InChI is InChI=1S/C12H10N2/c13-7-2-5-10-3-1-4-11-9-14-8-6-12(10)11/h1,3-4,6,8-9H,2,5H2. The number of nitriles is 1. The molecule has 0 aliphatic rings. The molecule has 2 heteroatoms. The molecule has 2 nitrogen and oxygen atoms in total. The highest BCUT2D eigenvalue weighted by atomic mass is 14.6. The summed E-state index contributed by atoms with van der Waals surface area (Å²) < 4.78 is 0. The third kappa shape index (κ3) is 1.57. The van der Waals surface area contributed by atoms with Crippen molar-refractivity contribution in [3.63, 3.8) is 0 Å². The molecule has 2 aromatic rings. The Morgan fingerprint density at radius 3 is 3.07 bits per heavy atom. The molecule has 0 bridgehead atoms. The Bertz CT molecular complexity index is 478. The molecular weight excluding hydrogens is 172 g/mol. The molecular formula is C12H10N2. The van der Waals surface area contributed by atoms with Crippen molar-refractivity contribution in [3.05, 3.63) is 42.2 Å². The van der Waals surface area contributed by atoms with Gasteiger partial charge < -0.3 is 0 Å². The lowest BCUT2D eigenvalue weighted by Gasteiger charge is -2.02. The molecule has 1 heterocycles. The van der Waals surface area contributed by atoms with Gasteiger partial charge >= 0.3 is 0 Å². The third-order valence-corrected chi connectivity index (χ3v) is 2.28. The van der Waals surface area contributed by atoms with Crippen molar-refractivity contribution in [2.45, 2.75) is 12.8 Å². The van der Waals surface area contributed by atoms with Crippen LogP contribution >= 0.6 is 0 Å². The molecule has 0 saturated carbocycles. The molecule has 0 unspecified atom stereocenters. The van der Waals surface area contributed by atoms with Crippen molar-refractivity contribution in [1.82, 2.24) is 4.98 Å². The number of pyridine rings is 1. The summed E-state index contributed by atoms with van der Waals surface area (Å²) in [6.45, 7) is 0. The number of nitrogens with zero attached hydrogens (tertiary/aromatic N) is 2. The van der Waals surface area contributed by atoms with E-state index in [4.69, 9.17) is 5.26 Å². The van der Waals surface area contributed by atoms with Gasteiger partial charge in [-0.25, -0.2) is 0 Å². The Morgan fingerprint density at radius 1 is 1.29 bits per heavy atom. The molecule has 0 saturated heterocycles. The number of benzene rings is 1. The fraction of sp³-hybridized carbons (Fsp3) is 0.167. The molecule has 0 radical (unpaired) electrons. The van der Waals surface area contributed by atoms with E-state index in [0.29, 0.717) is 6.42 Å². The topological polar surface area (TPSA) is 36.7 Å². The quantitative estimate of drug-likeness (QED) is 0.716. The van der Waals surface area contributed by atoms with Gasteiger partial charge in [-0.3, -0.25) is 4.98 Å². The first kappa shape index (κ1) is 8.71. The van der Waals surface area contributed by atoms with E-state index in [2.05, 4.69) is 17.1 Å². The van der Waals surface area contributed by atoms with E-state index >= 15 is 0 Å². The van der Waals surface area contributed by atoms with Crippen molar-refractivity contribution in [3.8, 4) is 6.07 Å². The fourth-order valence-electron chi connectivity index (χ4n) is 1.60. The zero-order chi connectivity index (χ0) is 9.80. The summed E-state index contributed by atoms with van der Waals surface area (Å²) in [6.07, 6.45) is 5.03. The van der Waals surface area contributed by atoms with Crippen molar-refractivity contribution in [2.75, 3.05) is 0 Å². The van der Waals surface area contributed by atoms with Gasteiger partial charge in [0.15, 0.2) is 0 Å². The first-order valence-corrected chi connectivity index (χ1v) is 4.60. The zero-order valence-corrected chi connectivity index (χ0v) is 7.77. The van der Waals surface area contributed by atoms with Gasteiger partial charge in [0, 0.05) is 24.2 Å². The summed E-state index contributed by atoms with van der Waals surface area (Å²) >= 11 is 0. The van der Waals surface area contributed by atoms with E-state index in [1.807, 2.05) is 24.4 Å². The number of hydrogen-bond acceptors (Lipinski definition) is 2. The molecule has 0 N–H and O–H groups in total. The van der Waals surface area contributed by atoms with E-state index in [0.717, 1.165) is 11.8 Å². The normalized spacial score (nSPS) is 9.93. The molecule has 1 aromatic carbocycles. The Hall–Kier alpha value is -1.88. The minimum Gasteiger partial charge on any atom is -0.264 e. The molecule has 2 rings (SSSR count). The summed E-state index contributed by atoms with van der Waals surface area (Å²) in [4.78, 5) is 4.07. The van der Waals surface area contributed by atoms with E-state index in [1.54, 1.807) is 6.20 Å². The minimum atomic E-state index is 0.571. The molecule has 0 aliphatic heterocycles. The van der Waals surface area contributed by atoms with Gasteiger partial charge in [-0.2, -0.15) is 5.26 Å². The Morgan fingerprint density at radius 2 is 2.21 bits per heavy atom. The van der Waals surface area contributed by atoms with Crippen LogP contribution in [0.1, 0.15) is 12.0 Å². The van der Waals surface area contributed by atoms with Crippen LogP contribution < -0.4 is 0 Å². The summed E-state index contributed by atoms with van der Waals surface area (Å²) in [6, 6.07) is 10.3. The lowest BCUT2D eigenvalue weighted by Crippen LogP contribution is -1.86. The summed E-state index contributed by atoms with van der Waals surface area (Å²) in [5.74, 6) is 0. The van der Waals surface area contributed by atoms with Crippen molar-refractivity contribution in [1.29, 1.82) is 5.26 Å². The second-order valence-corrected chi connectivity index (χ2v) is 3.17. The van der Waals surface area contributed by atoms with Gasteiger partial charge in [0.05, 0.1) is 6.07 Å². The van der Waals surface area contributed by atoms with Crippen LogP contribution in [0.15, 0.2) is 36.7 Å². The van der Waals surface area contributed by atoms with Crippen LogP contribution in [0.25, 0.3) is 10.8 Å². The van der Waals surface area contributed by atoms with Gasteiger partial charge in [-0.1, -0.05) is 18.2 Å². The Balaban J connectivity index is 2.49. The lowest BCUT2D eigenvalue weighted by molar-refractivity contribution is 1.02. The maximum atomic E-state index is 8.54. The van der Waals surface area contributed by atoms with Gasteiger partial charge in [-0.05, 0) is 23.4 Å². The molecule has 0 amide bonds. The van der Waals surface area contributed by atoms with Crippen LogP contribution in [0.4, 0.5) is 0 Å². The van der Waals surface area contributed by atoms with E-state index in [-0.39, 0.29) is 0 Å². The summed E-state index contributed by atoms with van der Waals surface area (Å²) in [5, 5.41) is 10.9. The highest BCUT2D eigenvalue weighted by Gasteiger charge is 1.99. The molecule has 0 aliphatic carbocycles. The number of rotatable bonds is 2. The van der Waals surface area contributed by atoms with E-state index in [1.165, 1.54) is 10.9 Å². The minimum absolute atomic E-state index is 0.571. The monoisotopic (exact) mass is 182 g/mol. The first-order valence-electron chi connectivity index (χ1n) is 4.60. The smallest absolute Gasteiger partial charge is 0.0625 e. The number of fused-ring (bicyclic) bond motifs is 1. The molecule has 0 fully saturated rings. The van der Waals surface area contributed by atoms with Crippen molar-refractivity contribution >= 4 is 10.8 Å². The van der Waals surface area contributed by atoms with Crippen LogP contribution in [0, 0.1) is 11.3 Å². The summed E-state index contributed by atoms with van der Waals surface area (Å²) in [7, 11) is 0. The predicted octanol–water partition coefficient (Wildman–Crippen LogP) is 2.69. The van der Waals surface area contributed by atoms with Gasteiger partial charge in [0.1, 0.15) is 0 Å². The lowest BCUT2D eigenvalue weighted by atomic mass is 10.0. The first-order chi connectivity index (χ1) is 6.92. The largest absolute Gasteiger partial charge is 0.264 e. The highest BCUT2D eigenvalue weighted by molar-refractivity contribution is 5.84. The van der Waals surface area contributed by atoms with Crippen molar-refractivity contribution < 1.29 is 0 Å². The maximum Gasteiger partial charge on any atom is 0.0625 e. The van der Waals surface area contributed by atoms with Crippen molar-refractivity contribution in [2.24, 2.45) is 0 Å². The van der Waals surface area contributed by atoms with Crippen LogP contribution in [0.2, 0.25) is 0 Å². The van der Waals surface area contributed by atoms with Crippen LogP contribution in [0.5, 0.6) is 0 Å². The van der Waals surface area contributed by atoms with Gasteiger partial charge in [0.2, 0.25) is 0 Å². The maximum absolute atomic E-state index is 8.54. The average molecular weight is 182 g/mol. The zero-order valence-electron chi connectivity index (χ0n) is 7.77. The van der Waals surface area contributed by atoms with E-state index in [9.17, 15) is 0 Å². The molecule has 1 aromatic heterocycles. The SMILES string of the molecule is N#CCCc1cccc2cnccc12. The highest BCUT2D eigenvalue weighted by Crippen LogP contribution is 2.18. The number of hydrogen-bond donors (Lipinski definition) is 0.